The predicted molar refractivity (Wildman–Crippen MR) is 90.7 cm³/mol. The van der Waals surface area contributed by atoms with Crippen molar-refractivity contribution in [1.82, 2.24) is 14.9 Å². The van der Waals surface area contributed by atoms with Crippen LogP contribution in [0.5, 0.6) is 0 Å². The number of ether oxygens (including phenoxy) is 1. The minimum Gasteiger partial charge on any atom is -0.444 e. The van der Waals surface area contributed by atoms with E-state index in [0.717, 1.165) is 29.8 Å². The van der Waals surface area contributed by atoms with E-state index in [4.69, 9.17) is 4.74 Å². The van der Waals surface area contributed by atoms with Crippen LogP contribution in [0, 0.1) is 0 Å². The maximum Gasteiger partial charge on any atom is 0.410 e. The van der Waals surface area contributed by atoms with Crippen LogP contribution in [-0.2, 0) is 4.74 Å². The molecular formula is C17H24N4O2. The summed E-state index contributed by atoms with van der Waals surface area (Å²) in [6, 6.07) is 4.11. The van der Waals surface area contributed by atoms with Gasteiger partial charge in [0.1, 0.15) is 5.60 Å². The first-order chi connectivity index (χ1) is 10.8. The molecule has 6 heteroatoms. The Morgan fingerprint density at radius 2 is 2.13 bits per heavy atom. The molecule has 6 nitrogen and oxygen atoms in total. The van der Waals surface area contributed by atoms with Crippen LogP contribution in [-0.4, -0.2) is 52.2 Å². The highest BCUT2D eigenvalue weighted by Crippen LogP contribution is 2.25. The van der Waals surface area contributed by atoms with Gasteiger partial charge in [0.15, 0.2) is 5.82 Å². The Balaban J connectivity index is 1.74. The van der Waals surface area contributed by atoms with E-state index >= 15 is 0 Å². The molecule has 0 radical (unpaired) electrons. The molecule has 0 aliphatic carbocycles. The number of carbonyl (C=O) groups excluding carboxylic acids is 1. The summed E-state index contributed by atoms with van der Waals surface area (Å²) in [7, 11) is 0. The molecule has 1 N–H and O–H groups in total. The van der Waals surface area contributed by atoms with E-state index in [9.17, 15) is 4.79 Å². The Morgan fingerprint density at radius 1 is 1.35 bits per heavy atom. The van der Waals surface area contributed by atoms with Crippen molar-refractivity contribution in [3.63, 3.8) is 0 Å². The van der Waals surface area contributed by atoms with Crippen LogP contribution >= 0.6 is 0 Å². The van der Waals surface area contributed by atoms with Crippen LogP contribution in [0.2, 0.25) is 0 Å². The van der Waals surface area contributed by atoms with Crippen LogP contribution in [0.1, 0.15) is 27.7 Å². The van der Waals surface area contributed by atoms with Crippen molar-refractivity contribution in [2.45, 2.75) is 39.3 Å². The van der Waals surface area contributed by atoms with Crippen molar-refractivity contribution >= 4 is 22.8 Å². The lowest BCUT2D eigenvalue weighted by Crippen LogP contribution is -2.55. The van der Waals surface area contributed by atoms with Crippen molar-refractivity contribution in [3.05, 3.63) is 24.5 Å². The maximum atomic E-state index is 12.3. The molecule has 1 aliphatic heterocycles. The fraction of sp³-hybridized carbons (Fsp3) is 0.529. The van der Waals surface area contributed by atoms with Gasteiger partial charge in [-0.15, -0.1) is 0 Å². The number of amides is 1. The molecule has 1 saturated heterocycles. The number of rotatable bonds is 1. The van der Waals surface area contributed by atoms with Gasteiger partial charge >= 0.3 is 6.09 Å². The Morgan fingerprint density at radius 3 is 2.83 bits per heavy atom. The molecule has 0 saturated carbocycles. The molecule has 23 heavy (non-hydrogen) atoms. The van der Waals surface area contributed by atoms with E-state index in [2.05, 4.69) is 14.9 Å². The third-order valence-electron chi connectivity index (χ3n) is 4.01. The number of hydrogen-bond acceptors (Lipinski definition) is 4. The van der Waals surface area contributed by atoms with Crippen molar-refractivity contribution in [1.29, 1.82) is 0 Å². The number of nitrogens with zero attached hydrogens (tertiary/aromatic N) is 3. The second-order valence-electron chi connectivity index (χ2n) is 7.05. The van der Waals surface area contributed by atoms with Crippen molar-refractivity contribution in [2.75, 3.05) is 24.5 Å². The topological polar surface area (TPSA) is 61.5 Å². The summed E-state index contributed by atoms with van der Waals surface area (Å²) in [5.41, 5.74) is 0.580. The number of H-pyrrole nitrogens is 1. The number of carbonyl (C=O) groups is 1. The largest absolute Gasteiger partial charge is 0.444 e. The number of nitrogens with one attached hydrogen (secondary N) is 1. The number of piperazine rings is 1. The molecular weight excluding hydrogens is 292 g/mol. The molecule has 2 aromatic rings. The highest BCUT2D eigenvalue weighted by Gasteiger charge is 2.31. The van der Waals surface area contributed by atoms with Crippen LogP contribution < -0.4 is 4.90 Å². The number of fused-ring (bicyclic) bond motifs is 1. The Bertz CT molecular complexity index is 704. The molecule has 3 heterocycles. The molecule has 0 aromatic carbocycles. The summed E-state index contributed by atoms with van der Waals surface area (Å²) >= 11 is 0. The summed E-state index contributed by atoms with van der Waals surface area (Å²) in [4.78, 5) is 24.1. The average molecular weight is 316 g/mol. The number of hydrogen-bond donors (Lipinski definition) is 1. The van der Waals surface area contributed by atoms with E-state index in [-0.39, 0.29) is 12.1 Å². The Hall–Kier alpha value is -2.24. The summed E-state index contributed by atoms with van der Waals surface area (Å²) < 4.78 is 5.49. The highest BCUT2D eigenvalue weighted by atomic mass is 16.6. The number of anilines is 1. The zero-order chi connectivity index (χ0) is 16.6. The molecule has 2 aromatic heterocycles. The molecule has 1 fully saturated rings. The fourth-order valence-corrected chi connectivity index (χ4v) is 2.95. The summed E-state index contributed by atoms with van der Waals surface area (Å²) in [6.07, 6.45) is 3.52. The second-order valence-corrected chi connectivity index (χ2v) is 7.05. The average Bonchev–Trinajstić information content (AvgIpc) is 2.93. The molecule has 1 amide bonds. The lowest BCUT2D eigenvalue weighted by molar-refractivity contribution is 0.0159. The van der Waals surface area contributed by atoms with E-state index < -0.39 is 5.60 Å². The van der Waals surface area contributed by atoms with Gasteiger partial charge in [0.2, 0.25) is 0 Å². The normalized spacial score (nSPS) is 19.2. The summed E-state index contributed by atoms with van der Waals surface area (Å²) in [6.45, 7) is 9.84. The Kier molecular flexibility index (Phi) is 3.92. The quantitative estimate of drug-likeness (QED) is 0.878. The molecule has 0 unspecified atom stereocenters. The summed E-state index contributed by atoms with van der Waals surface area (Å²) in [5, 5.41) is 1.15. The molecule has 0 bridgehead atoms. The molecule has 1 aliphatic rings. The molecule has 124 valence electrons. The van der Waals surface area contributed by atoms with E-state index in [0.29, 0.717) is 6.54 Å². The smallest absolute Gasteiger partial charge is 0.410 e. The van der Waals surface area contributed by atoms with Gasteiger partial charge in [-0.1, -0.05) is 0 Å². The van der Waals surface area contributed by atoms with Crippen LogP contribution in [0.15, 0.2) is 24.5 Å². The Labute approximate surface area is 136 Å². The highest BCUT2D eigenvalue weighted by molar-refractivity contribution is 5.89. The van der Waals surface area contributed by atoms with Crippen LogP contribution in [0.3, 0.4) is 0 Å². The standard InChI is InChI=1S/C17H24N4O2/c1-12-11-20(9-10-21(12)16(22)23-17(2,3)4)15-14-13(5-7-18-14)6-8-19-15/h5-8,12,18H,9-11H2,1-4H3/t12-/m0/s1. The van der Waals surface area contributed by atoms with Gasteiger partial charge in [-0.25, -0.2) is 9.78 Å². The third kappa shape index (κ3) is 3.25. The summed E-state index contributed by atoms with van der Waals surface area (Å²) in [5.74, 6) is 0.947. The maximum absolute atomic E-state index is 12.3. The van der Waals surface area contributed by atoms with Gasteiger partial charge in [0.05, 0.1) is 5.52 Å². The van der Waals surface area contributed by atoms with Gasteiger partial charge in [-0.2, -0.15) is 0 Å². The van der Waals surface area contributed by atoms with Crippen molar-refractivity contribution < 1.29 is 9.53 Å². The minimum absolute atomic E-state index is 0.0746. The van der Waals surface area contributed by atoms with E-state index in [1.54, 1.807) is 4.90 Å². The SMILES string of the molecule is C[C@H]1CN(c2nccc3cc[nH]c23)CCN1C(=O)OC(C)(C)C. The molecule has 1 atom stereocenters. The number of aromatic nitrogens is 2. The first-order valence-corrected chi connectivity index (χ1v) is 8.02. The monoisotopic (exact) mass is 316 g/mol. The molecule has 0 spiro atoms. The van der Waals surface area contributed by atoms with Gasteiger partial charge in [0, 0.05) is 43.5 Å². The first kappa shape index (κ1) is 15.6. The fourth-order valence-electron chi connectivity index (χ4n) is 2.95. The van der Waals surface area contributed by atoms with Crippen molar-refractivity contribution in [3.8, 4) is 0 Å². The third-order valence-corrected chi connectivity index (χ3v) is 4.01. The van der Waals surface area contributed by atoms with Gasteiger partial charge in [0.25, 0.3) is 0 Å². The van der Waals surface area contributed by atoms with Crippen LogP contribution in [0.25, 0.3) is 10.9 Å². The van der Waals surface area contributed by atoms with Crippen LogP contribution in [0.4, 0.5) is 10.6 Å². The second kappa shape index (κ2) is 5.76. The van der Waals surface area contributed by atoms with Gasteiger partial charge in [-0.3, -0.25) is 0 Å². The van der Waals surface area contributed by atoms with Gasteiger partial charge in [-0.05, 0) is 39.8 Å². The zero-order valence-electron chi connectivity index (χ0n) is 14.2. The minimum atomic E-state index is -0.467. The lowest BCUT2D eigenvalue weighted by atomic mass is 10.2. The van der Waals surface area contributed by atoms with Crippen molar-refractivity contribution in [2.24, 2.45) is 0 Å². The van der Waals surface area contributed by atoms with E-state index in [1.807, 2.05) is 52.2 Å². The van der Waals surface area contributed by atoms with Gasteiger partial charge < -0.3 is 19.5 Å². The number of aromatic amines is 1. The number of pyridine rings is 1. The zero-order valence-corrected chi connectivity index (χ0v) is 14.2. The lowest BCUT2D eigenvalue weighted by Gasteiger charge is -2.40. The first-order valence-electron chi connectivity index (χ1n) is 8.02. The predicted octanol–water partition coefficient (Wildman–Crippen LogP) is 3.01. The van der Waals surface area contributed by atoms with E-state index in [1.165, 1.54) is 0 Å². The molecule has 3 rings (SSSR count).